The van der Waals surface area contributed by atoms with E-state index in [9.17, 15) is 4.79 Å². The van der Waals surface area contributed by atoms with Crippen molar-refractivity contribution >= 4 is 18.1 Å². The fourth-order valence-corrected chi connectivity index (χ4v) is 4.28. The standard InChI is InChI=1S/C28H28O2/c1-2-30-28(29)20-26-10-6-9-25-19-22(15-18-27(25)26)12-11-21-13-16-24(17-14-21)23-7-4-3-5-8-23/h3-5,7-8,11-19,26H,2,6,9-10,20H2,1H3/t26-/m1/s1. The summed E-state index contributed by atoms with van der Waals surface area (Å²) in [6, 6.07) is 25.7. The van der Waals surface area contributed by atoms with Crippen LogP contribution in [0.2, 0.25) is 0 Å². The molecular formula is C28H28O2. The van der Waals surface area contributed by atoms with Crippen LogP contribution in [0.1, 0.15) is 54.4 Å². The smallest absolute Gasteiger partial charge is 0.306 e. The van der Waals surface area contributed by atoms with Crippen molar-refractivity contribution in [2.45, 2.75) is 38.5 Å². The quantitative estimate of drug-likeness (QED) is 0.335. The van der Waals surface area contributed by atoms with Crippen LogP contribution in [0.15, 0.2) is 72.8 Å². The van der Waals surface area contributed by atoms with Crippen molar-refractivity contribution in [3.63, 3.8) is 0 Å². The molecule has 2 nitrogen and oxygen atoms in total. The molecule has 0 amide bonds. The Morgan fingerprint density at radius 1 is 0.933 bits per heavy atom. The van der Waals surface area contributed by atoms with Gasteiger partial charge in [-0.3, -0.25) is 4.79 Å². The lowest BCUT2D eigenvalue weighted by Gasteiger charge is -2.25. The molecule has 0 fully saturated rings. The van der Waals surface area contributed by atoms with Gasteiger partial charge in [-0.05, 0) is 65.5 Å². The normalized spacial score (nSPS) is 15.7. The molecule has 0 bridgehead atoms. The average Bonchev–Trinajstić information content (AvgIpc) is 2.79. The fraction of sp³-hybridized carbons (Fsp3) is 0.250. The van der Waals surface area contributed by atoms with Crippen LogP contribution in [-0.2, 0) is 16.0 Å². The summed E-state index contributed by atoms with van der Waals surface area (Å²) in [4.78, 5) is 11.9. The molecule has 0 unspecified atom stereocenters. The number of esters is 1. The number of aryl methyl sites for hydroxylation is 1. The van der Waals surface area contributed by atoms with Crippen molar-refractivity contribution < 1.29 is 9.53 Å². The molecular weight excluding hydrogens is 368 g/mol. The lowest BCUT2D eigenvalue weighted by Crippen LogP contribution is -2.15. The number of fused-ring (bicyclic) bond motifs is 1. The molecule has 0 heterocycles. The monoisotopic (exact) mass is 396 g/mol. The van der Waals surface area contributed by atoms with E-state index < -0.39 is 0 Å². The highest BCUT2D eigenvalue weighted by atomic mass is 16.5. The van der Waals surface area contributed by atoms with E-state index in [4.69, 9.17) is 4.74 Å². The van der Waals surface area contributed by atoms with E-state index in [0.717, 1.165) is 19.3 Å². The zero-order valence-electron chi connectivity index (χ0n) is 17.5. The Labute approximate surface area is 179 Å². The second-order valence-electron chi connectivity index (χ2n) is 7.88. The van der Waals surface area contributed by atoms with Crippen molar-refractivity contribution in [3.05, 3.63) is 95.1 Å². The molecule has 0 radical (unpaired) electrons. The van der Waals surface area contributed by atoms with Gasteiger partial charge in [-0.2, -0.15) is 0 Å². The zero-order valence-corrected chi connectivity index (χ0v) is 17.5. The van der Waals surface area contributed by atoms with Crippen molar-refractivity contribution in [2.24, 2.45) is 0 Å². The maximum atomic E-state index is 11.9. The van der Waals surface area contributed by atoms with Gasteiger partial charge in [0.2, 0.25) is 0 Å². The first-order valence-electron chi connectivity index (χ1n) is 10.8. The minimum atomic E-state index is -0.0849. The Morgan fingerprint density at radius 3 is 2.40 bits per heavy atom. The van der Waals surface area contributed by atoms with Crippen LogP contribution in [0.25, 0.3) is 23.3 Å². The van der Waals surface area contributed by atoms with Crippen molar-refractivity contribution in [1.82, 2.24) is 0 Å². The van der Waals surface area contributed by atoms with Gasteiger partial charge < -0.3 is 4.74 Å². The van der Waals surface area contributed by atoms with Gasteiger partial charge in [0.05, 0.1) is 13.0 Å². The molecule has 0 saturated heterocycles. The molecule has 3 aromatic carbocycles. The van der Waals surface area contributed by atoms with Crippen molar-refractivity contribution in [2.75, 3.05) is 6.61 Å². The van der Waals surface area contributed by atoms with Crippen molar-refractivity contribution in [1.29, 1.82) is 0 Å². The third-order valence-electron chi connectivity index (χ3n) is 5.81. The summed E-state index contributed by atoms with van der Waals surface area (Å²) in [5, 5.41) is 0. The number of hydrogen-bond donors (Lipinski definition) is 0. The molecule has 0 N–H and O–H groups in total. The molecule has 2 heteroatoms. The third-order valence-corrected chi connectivity index (χ3v) is 5.81. The van der Waals surface area contributed by atoms with Gasteiger partial charge in [0.1, 0.15) is 0 Å². The molecule has 0 spiro atoms. The van der Waals surface area contributed by atoms with E-state index in [0.29, 0.717) is 13.0 Å². The predicted octanol–water partition coefficient (Wildman–Crippen LogP) is 6.90. The highest BCUT2D eigenvalue weighted by Gasteiger charge is 2.23. The van der Waals surface area contributed by atoms with Gasteiger partial charge in [0.25, 0.3) is 0 Å². The van der Waals surface area contributed by atoms with E-state index in [1.54, 1.807) is 0 Å². The van der Waals surface area contributed by atoms with Gasteiger partial charge in [-0.15, -0.1) is 0 Å². The Balaban J connectivity index is 1.46. The Hall–Kier alpha value is -3.13. The molecule has 0 aliphatic heterocycles. The van der Waals surface area contributed by atoms with E-state index in [2.05, 4.69) is 78.9 Å². The first-order valence-corrected chi connectivity index (χ1v) is 10.8. The molecule has 4 rings (SSSR count). The van der Waals surface area contributed by atoms with Crippen LogP contribution in [0.3, 0.4) is 0 Å². The van der Waals surface area contributed by atoms with Gasteiger partial charge in [0, 0.05) is 0 Å². The maximum Gasteiger partial charge on any atom is 0.306 e. The molecule has 1 aliphatic carbocycles. The number of ether oxygens (including phenoxy) is 1. The SMILES string of the molecule is CCOC(=O)C[C@H]1CCCc2cc(C=Cc3ccc(-c4ccccc4)cc3)ccc21. The van der Waals surface area contributed by atoms with E-state index in [-0.39, 0.29) is 11.9 Å². The first kappa shape index (κ1) is 20.2. The number of benzene rings is 3. The predicted molar refractivity (Wildman–Crippen MR) is 124 cm³/mol. The number of rotatable bonds is 6. The highest BCUT2D eigenvalue weighted by molar-refractivity contribution is 5.73. The number of carbonyl (C=O) groups is 1. The lowest BCUT2D eigenvalue weighted by molar-refractivity contribution is -0.143. The second kappa shape index (κ2) is 9.58. The van der Waals surface area contributed by atoms with Gasteiger partial charge >= 0.3 is 5.97 Å². The number of hydrogen-bond acceptors (Lipinski definition) is 2. The van der Waals surface area contributed by atoms with Crippen LogP contribution in [0.5, 0.6) is 0 Å². The average molecular weight is 397 g/mol. The number of carbonyl (C=O) groups excluding carboxylic acids is 1. The summed E-state index contributed by atoms with van der Waals surface area (Å²) in [7, 11) is 0. The van der Waals surface area contributed by atoms with E-state index in [1.165, 1.54) is 33.4 Å². The van der Waals surface area contributed by atoms with Crippen LogP contribution in [-0.4, -0.2) is 12.6 Å². The van der Waals surface area contributed by atoms with Gasteiger partial charge in [-0.1, -0.05) is 84.9 Å². The molecule has 1 atom stereocenters. The summed E-state index contributed by atoms with van der Waals surface area (Å²) in [5.74, 6) is 0.203. The summed E-state index contributed by atoms with van der Waals surface area (Å²) in [6.07, 6.45) is 8.11. The third kappa shape index (κ3) is 4.88. The topological polar surface area (TPSA) is 26.3 Å². The fourth-order valence-electron chi connectivity index (χ4n) is 4.28. The summed E-state index contributed by atoms with van der Waals surface area (Å²) in [5.41, 5.74) is 7.55. The zero-order chi connectivity index (χ0) is 20.8. The Kier molecular flexibility index (Phi) is 6.44. The van der Waals surface area contributed by atoms with E-state index in [1.807, 2.05) is 13.0 Å². The molecule has 30 heavy (non-hydrogen) atoms. The first-order chi connectivity index (χ1) is 14.7. The van der Waals surface area contributed by atoms with Crippen LogP contribution < -0.4 is 0 Å². The summed E-state index contributed by atoms with van der Waals surface area (Å²) >= 11 is 0. The molecule has 0 saturated carbocycles. The highest BCUT2D eigenvalue weighted by Crippen LogP contribution is 2.35. The molecule has 3 aromatic rings. The summed E-state index contributed by atoms with van der Waals surface area (Å²) in [6.45, 7) is 2.31. The minimum Gasteiger partial charge on any atom is -0.466 e. The van der Waals surface area contributed by atoms with E-state index >= 15 is 0 Å². The van der Waals surface area contributed by atoms with Crippen LogP contribution in [0.4, 0.5) is 0 Å². The maximum absolute atomic E-state index is 11.9. The second-order valence-corrected chi connectivity index (χ2v) is 7.88. The molecule has 0 aromatic heterocycles. The molecule has 152 valence electrons. The van der Waals surface area contributed by atoms with Gasteiger partial charge in [0.15, 0.2) is 0 Å². The summed E-state index contributed by atoms with van der Waals surface area (Å²) < 4.78 is 5.16. The lowest BCUT2D eigenvalue weighted by atomic mass is 9.80. The minimum absolute atomic E-state index is 0.0849. The van der Waals surface area contributed by atoms with Crippen LogP contribution in [0, 0.1) is 0 Å². The van der Waals surface area contributed by atoms with Crippen LogP contribution >= 0.6 is 0 Å². The van der Waals surface area contributed by atoms with Gasteiger partial charge in [-0.25, -0.2) is 0 Å². The largest absolute Gasteiger partial charge is 0.466 e. The van der Waals surface area contributed by atoms with Crippen molar-refractivity contribution in [3.8, 4) is 11.1 Å². The Bertz CT molecular complexity index is 1020. The molecule has 1 aliphatic rings. The Morgan fingerprint density at radius 2 is 1.63 bits per heavy atom.